The van der Waals surface area contributed by atoms with Crippen LogP contribution in [-0.4, -0.2) is 9.52 Å². The summed E-state index contributed by atoms with van der Waals surface area (Å²) in [5.41, 5.74) is -0.0718. The minimum Gasteiger partial charge on any atom is -0.351 e. The number of alkyl halides is 2. The zero-order valence-electron chi connectivity index (χ0n) is 5.24. The van der Waals surface area contributed by atoms with Crippen LogP contribution in [0, 0.1) is 0 Å². The van der Waals surface area contributed by atoms with E-state index in [1.54, 1.807) is 0 Å². The third-order valence-electron chi connectivity index (χ3n) is 0.443. The minimum absolute atomic E-state index is 0.0324. The highest BCUT2D eigenvalue weighted by Gasteiger charge is 2.12. The van der Waals surface area contributed by atoms with Crippen LogP contribution in [0.4, 0.5) is 0 Å². The molecule has 0 N–H and O–H groups in total. The van der Waals surface area contributed by atoms with Crippen LogP contribution >= 0.6 is 31.9 Å². The van der Waals surface area contributed by atoms with Gasteiger partial charge in [0.25, 0.3) is 0 Å². The Bertz CT molecular complexity index is 65.3. The summed E-state index contributed by atoms with van der Waals surface area (Å²) in [5, 5.41) is 0. The first kappa shape index (κ1) is 8.92. The van der Waals surface area contributed by atoms with E-state index in [0.29, 0.717) is 0 Å². The van der Waals surface area contributed by atoms with Crippen LogP contribution in [0.15, 0.2) is 0 Å². The maximum atomic E-state index is 5.27. The van der Waals surface area contributed by atoms with Crippen molar-refractivity contribution in [3.63, 3.8) is 0 Å². The van der Waals surface area contributed by atoms with Gasteiger partial charge >= 0.3 is 0 Å². The fourth-order valence-corrected chi connectivity index (χ4v) is 1.39. The van der Waals surface area contributed by atoms with E-state index in [0.717, 1.165) is 0 Å². The predicted octanol–water partition coefficient (Wildman–Crippen LogP) is 2.87. The molecule has 0 aromatic rings. The van der Waals surface area contributed by atoms with Gasteiger partial charge in [-0.25, -0.2) is 0 Å². The van der Waals surface area contributed by atoms with E-state index in [2.05, 4.69) is 31.9 Å². The summed E-state index contributed by atoms with van der Waals surface area (Å²) < 4.78 is 5.24. The lowest BCUT2D eigenvalue weighted by atomic mass is 10.2. The molecular formula is C5H10Br2O. The van der Waals surface area contributed by atoms with Gasteiger partial charge in [-0.3, -0.25) is 0 Å². The maximum absolute atomic E-state index is 5.27. The predicted molar refractivity (Wildman–Crippen MR) is 42.5 cm³/mol. The fraction of sp³-hybridized carbons (Fsp3) is 1.00. The summed E-state index contributed by atoms with van der Waals surface area (Å²) >= 11 is 6.41. The topological polar surface area (TPSA) is 9.23 Å². The first-order valence-corrected chi connectivity index (χ1v) is 4.21. The van der Waals surface area contributed by atoms with Gasteiger partial charge in [-0.05, 0) is 52.6 Å². The molecule has 1 nitrogen and oxygen atoms in total. The van der Waals surface area contributed by atoms with Crippen LogP contribution in [-0.2, 0) is 4.74 Å². The van der Waals surface area contributed by atoms with Crippen LogP contribution < -0.4 is 0 Å². The summed E-state index contributed by atoms with van der Waals surface area (Å²) in [5.74, 6) is 0. The number of ether oxygens (including phenoxy) is 1. The average molecular weight is 246 g/mol. The Morgan fingerprint density at radius 2 is 1.62 bits per heavy atom. The molecule has 0 aliphatic heterocycles. The van der Waals surface area contributed by atoms with Crippen LogP contribution in [0.25, 0.3) is 0 Å². The Morgan fingerprint density at radius 1 is 1.25 bits per heavy atom. The van der Waals surface area contributed by atoms with Crippen LogP contribution in [0.2, 0.25) is 0 Å². The van der Waals surface area contributed by atoms with Crippen molar-refractivity contribution in [2.45, 2.75) is 30.3 Å². The average Bonchev–Trinajstić information content (AvgIpc) is 1.21. The van der Waals surface area contributed by atoms with Gasteiger partial charge in [0.15, 0.2) is 3.92 Å². The minimum atomic E-state index is -0.0718. The highest BCUT2D eigenvalue weighted by Crippen LogP contribution is 2.18. The van der Waals surface area contributed by atoms with Gasteiger partial charge in [0.1, 0.15) is 0 Å². The van der Waals surface area contributed by atoms with E-state index in [-0.39, 0.29) is 9.52 Å². The molecule has 0 rings (SSSR count). The van der Waals surface area contributed by atoms with Gasteiger partial charge in [0, 0.05) is 0 Å². The van der Waals surface area contributed by atoms with E-state index >= 15 is 0 Å². The molecule has 0 fully saturated rings. The van der Waals surface area contributed by atoms with Crippen molar-refractivity contribution in [1.29, 1.82) is 0 Å². The second-order valence-corrected chi connectivity index (χ2v) is 5.38. The molecule has 0 bridgehead atoms. The zero-order chi connectivity index (χ0) is 6.78. The summed E-state index contributed by atoms with van der Waals surface area (Å²) in [6.45, 7) is 6.01. The van der Waals surface area contributed by atoms with Crippen molar-refractivity contribution in [3.8, 4) is 0 Å². The Balaban J connectivity index is 3.39. The molecule has 0 aromatic heterocycles. The molecule has 0 atom stereocenters. The quantitative estimate of drug-likeness (QED) is 0.646. The molecule has 0 aromatic carbocycles. The molecule has 8 heavy (non-hydrogen) atoms. The second-order valence-electron chi connectivity index (χ2n) is 2.49. The molecule has 0 heterocycles. The maximum Gasteiger partial charge on any atom is 0.167 e. The molecule has 0 spiro atoms. The Morgan fingerprint density at radius 3 is 1.62 bits per heavy atom. The lowest BCUT2D eigenvalue weighted by Gasteiger charge is -2.20. The third kappa shape index (κ3) is 6.92. The second kappa shape index (κ2) is 3.18. The van der Waals surface area contributed by atoms with Gasteiger partial charge in [-0.1, -0.05) is 0 Å². The number of halogens is 2. The summed E-state index contributed by atoms with van der Waals surface area (Å²) in [6.07, 6.45) is 0. The third-order valence-corrected chi connectivity index (χ3v) is 0.816. The number of rotatable bonds is 1. The van der Waals surface area contributed by atoms with Gasteiger partial charge in [0.05, 0.1) is 5.60 Å². The van der Waals surface area contributed by atoms with Crippen molar-refractivity contribution in [2.24, 2.45) is 0 Å². The largest absolute Gasteiger partial charge is 0.351 e. The summed E-state index contributed by atoms with van der Waals surface area (Å²) in [6, 6.07) is 0. The molecular weight excluding hydrogens is 236 g/mol. The van der Waals surface area contributed by atoms with Crippen molar-refractivity contribution in [1.82, 2.24) is 0 Å². The van der Waals surface area contributed by atoms with E-state index in [4.69, 9.17) is 4.74 Å². The van der Waals surface area contributed by atoms with Crippen molar-refractivity contribution >= 4 is 31.9 Å². The number of hydrogen-bond donors (Lipinski definition) is 0. The van der Waals surface area contributed by atoms with Crippen LogP contribution in [0.3, 0.4) is 0 Å². The lowest BCUT2D eigenvalue weighted by Crippen LogP contribution is -2.20. The fourth-order valence-electron chi connectivity index (χ4n) is 0.267. The van der Waals surface area contributed by atoms with Crippen molar-refractivity contribution in [2.75, 3.05) is 0 Å². The molecule has 0 saturated carbocycles. The normalized spacial score (nSPS) is 12.8. The van der Waals surface area contributed by atoms with E-state index < -0.39 is 0 Å². The van der Waals surface area contributed by atoms with Crippen LogP contribution in [0.5, 0.6) is 0 Å². The molecule has 0 aliphatic carbocycles. The van der Waals surface area contributed by atoms with E-state index in [1.165, 1.54) is 0 Å². The van der Waals surface area contributed by atoms with Gasteiger partial charge in [0.2, 0.25) is 0 Å². The van der Waals surface area contributed by atoms with Gasteiger partial charge in [-0.15, -0.1) is 0 Å². The highest BCUT2D eigenvalue weighted by molar-refractivity contribution is 9.24. The Hall–Kier alpha value is 0.920. The van der Waals surface area contributed by atoms with Crippen molar-refractivity contribution < 1.29 is 4.74 Å². The molecule has 0 aliphatic rings. The Labute approximate surface area is 67.0 Å². The van der Waals surface area contributed by atoms with E-state index in [9.17, 15) is 0 Å². The van der Waals surface area contributed by atoms with Gasteiger partial charge < -0.3 is 4.74 Å². The summed E-state index contributed by atoms with van der Waals surface area (Å²) in [7, 11) is 0. The first-order valence-electron chi connectivity index (χ1n) is 2.38. The highest BCUT2D eigenvalue weighted by atomic mass is 79.9. The van der Waals surface area contributed by atoms with Crippen LogP contribution in [0.1, 0.15) is 20.8 Å². The lowest BCUT2D eigenvalue weighted by molar-refractivity contribution is 0.0197. The van der Waals surface area contributed by atoms with E-state index in [1.807, 2.05) is 20.8 Å². The SMILES string of the molecule is CC(C)(C)OC(Br)Br. The first-order chi connectivity index (χ1) is 3.42. The summed E-state index contributed by atoms with van der Waals surface area (Å²) in [4.78, 5) is 0. The van der Waals surface area contributed by atoms with Gasteiger partial charge in [-0.2, -0.15) is 0 Å². The molecule has 0 unspecified atom stereocenters. The zero-order valence-corrected chi connectivity index (χ0v) is 8.41. The number of hydrogen-bond acceptors (Lipinski definition) is 1. The molecule has 0 radical (unpaired) electrons. The molecule has 3 heteroatoms. The standard InChI is InChI=1S/C5H10Br2O/c1-5(2,3)8-4(6)7/h4H,1-3H3. The molecule has 50 valence electrons. The van der Waals surface area contributed by atoms with Crippen molar-refractivity contribution in [3.05, 3.63) is 0 Å². The Kier molecular flexibility index (Phi) is 3.55. The molecule has 0 amide bonds. The molecule has 0 saturated heterocycles. The monoisotopic (exact) mass is 244 g/mol. The smallest absolute Gasteiger partial charge is 0.167 e.